The van der Waals surface area contributed by atoms with Crippen LogP contribution in [0.25, 0.3) is 0 Å². The third-order valence-corrected chi connectivity index (χ3v) is 8.50. The molecule has 0 spiro atoms. The van der Waals surface area contributed by atoms with Crippen LogP contribution in [-0.4, -0.2) is 0 Å². The molecule has 2 aliphatic carbocycles. The molecule has 0 unspecified atom stereocenters. The third-order valence-electron chi connectivity index (χ3n) is 8.50. The van der Waals surface area contributed by atoms with Crippen LogP contribution in [0.1, 0.15) is 106 Å². The Morgan fingerprint density at radius 2 is 1.33 bits per heavy atom. The number of benzene rings is 2. The maximum absolute atomic E-state index is 14.0. The lowest BCUT2D eigenvalue weighted by atomic mass is 9.73. The van der Waals surface area contributed by atoms with Crippen molar-refractivity contribution in [1.82, 2.24) is 0 Å². The van der Waals surface area contributed by atoms with Crippen molar-refractivity contribution in [2.45, 2.75) is 89.4 Å². The lowest BCUT2D eigenvalue weighted by molar-refractivity contribution is 0.220. The third kappa shape index (κ3) is 6.23. The fraction of sp³-hybridized carbons (Fsp3) is 0.567. The van der Waals surface area contributed by atoms with Crippen LogP contribution in [0.5, 0.6) is 0 Å². The maximum Gasteiger partial charge on any atom is 0.144 e. The second-order valence-corrected chi connectivity index (χ2v) is 10.7. The molecule has 2 saturated carbocycles. The molecule has 1 atom stereocenters. The molecule has 2 fully saturated rings. The number of halogens is 2. The standard InChI is InChI=1S/C30H37F2N/c1-21(25-5-3-2-4-6-25)17-24-11-9-22(10-12-24)7-8-23-13-15-26(16-14-23)27-18-29(31)28(20-33)30(32)19-27/h2-6,18-19,21-24,26H,7-17H2,1H3/t21-,22?,23?,24?,26?/m0/s1. The van der Waals surface area contributed by atoms with Crippen molar-refractivity contribution in [1.29, 1.82) is 5.26 Å². The van der Waals surface area contributed by atoms with E-state index in [0.717, 1.165) is 49.0 Å². The molecule has 3 heteroatoms. The van der Waals surface area contributed by atoms with Gasteiger partial charge in [-0.2, -0.15) is 5.26 Å². The number of hydrogen-bond acceptors (Lipinski definition) is 1. The van der Waals surface area contributed by atoms with E-state index in [2.05, 4.69) is 37.3 Å². The quantitative estimate of drug-likeness (QED) is 0.414. The Labute approximate surface area is 198 Å². The lowest BCUT2D eigenvalue weighted by Crippen LogP contribution is -2.18. The summed E-state index contributed by atoms with van der Waals surface area (Å²) in [6.07, 6.45) is 13.8. The van der Waals surface area contributed by atoms with Crippen LogP contribution >= 0.6 is 0 Å². The van der Waals surface area contributed by atoms with Gasteiger partial charge in [0.2, 0.25) is 0 Å². The van der Waals surface area contributed by atoms with Crippen molar-refractivity contribution in [2.24, 2.45) is 17.8 Å². The monoisotopic (exact) mass is 449 g/mol. The van der Waals surface area contributed by atoms with Gasteiger partial charge in [-0.3, -0.25) is 0 Å². The maximum atomic E-state index is 14.0. The van der Waals surface area contributed by atoms with Gasteiger partial charge in [0.25, 0.3) is 0 Å². The number of rotatable bonds is 7. The Hall–Kier alpha value is -2.21. The van der Waals surface area contributed by atoms with Crippen molar-refractivity contribution < 1.29 is 8.78 Å². The van der Waals surface area contributed by atoms with Crippen LogP contribution < -0.4 is 0 Å². The molecule has 0 aliphatic heterocycles. The minimum absolute atomic E-state index is 0.222. The Bertz CT molecular complexity index is 909. The van der Waals surface area contributed by atoms with Crippen molar-refractivity contribution in [3.05, 3.63) is 70.8 Å². The van der Waals surface area contributed by atoms with Gasteiger partial charge in [0, 0.05) is 0 Å². The Morgan fingerprint density at radius 3 is 1.88 bits per heavy atom. The summed E-state index contributed by atoms with van der Waals surface area (Å²) in [7, 11) is 0. The Morgan fingerprint density at radius 1 is 0.818 bits per heavy atom. The molecule has 2 aromatic rings. The van der Waals surface area contributed by atoms with E-state index >= 15 is 0 Å². The highest BCUT2D eigenvalue weighted by Crippen LogP contribution is 2.41. The van der Waals surface area contributed by atoms with E-state index in [0.29, 0.717) is 5.92 Å². The van der Waals surface area contributed by atoms with Gasteiger partial charge in [-0.25, -0.2) is 8.78 Å². The lowest BCUT2D eigenvalue weighted by Gasteiger charge is -2.33. The van der Waals surface area contributed by atoms with Crippen LogP contribution in [-0.2, 0) is 0 Å². The molecule has 0 N–H and O–H groups in total. The van der Waals surface area contributed by atoms with Crippen molar-refractivity contribution in [3.8, 4) is 6.07 Å². The molecule has 2 aliphatic rings. The van der Waals surface area contributed by atoms with E-state index in [9.17, 15) is 8.78 Å². The molecule has 0 saturated heterocycles. The molecule has 0 bridgehead atoms. The van der Waals surface area contributed by atoms with Crippen LogP contribution in [0.2, 0.25) is 0 Å². The summed E-state index contributed by atoms with van der Waals surface area (Å²) in [6.45, 7) is 2.37. The van der Waals surface area contributed by atoms with Crippen molar-refractivity contribution in [2.75, 3.05) is 0 Å². The van der Waals surface area contributed by atoms with Crippen LogP contribution in [0, 0.1) is 40.7 Å². The van der Waals surface area contributed by atoms with Gasteiger partial charge in [0.15, 0.2) is 0 Å². The smallest absolute Gasteiger partial charge is 0.144 e. The molecule has 2 aromatic carbocycles. The zero-order chi connectivity index (χ0) is 23.2. The van der Waals surface area contributed by atoms with Gasteiger partial charge in [-0.1, -0.05) is 75.8 Å². The molecular formula is C30H37F2N. The van der Waals surface area contributed by atoms with E-state index in [-0.39, 0.29) is 5.92 Å². The van der Waals surface area contributed by atoms with Crippen LogP contribution in [0.15, 0.2) is 42.5 Å². The molecule has 4 rings (SSSR count). The summed E-state index contributed by atoms with van der Waals surface area (Å²) in [4.78, 5) is 0. The van der Waals surface area contributed by atoms with Gasteiger partial charge >= 0.3 is 0 Å². The number of nitrogens with zero attached hydrogens (tertiary/aromatic N) is 1. The summed E-state index contributed by atoms with van der Waals surface area (Å²) in [5.41, 5.74) is 1.74. The predicted octanol–water partition coefficient (Wildman–Crippen LogP) is 8.89. The molecule has 33 heavy (non-hydrogen) atoms. The zero-order valence-electron chi connectivity index (χ0n) is 19.9. The summed E-state index contributed by atoms with van der Waals surface area (Å²) in [5, 5.41) is 8.87. The first kappa shape index (κ1) is 23.9. The topological polar surface area (TPSA) is 23.8 Å². The Kier molecular flexibility index (Phi) is 8.18. The second-order valence-electron chi connectivity index (χ2n) is 10.7. The fourth-order valence-corrected chi connectivity index (χ4v) is 6.36. The fourth-order valence-electron chi connectivity index (χ4n) is 6.36. The Balaban J connectivity index is 1.16. The molecule has 176 valence electrons. The largest absolute Gasteiger partial charge is 0.205 e. The van der Waals surface area contributed by atoms with Gasteiger partial charge in [0.05, 0.1) is 0 Å². The van der Waals surface area contributed by atoms with Gasteiger partial charge in [-0.05, 0) is 85.0 Å². The molecular weight excluding hydrogens is 412 g/mol. The van der Waals surface area contributed by atoms with Crippen molar-refractivity contribution >= 4 is 0 Å². The van der Waals surface area contributed by atoms with Gasteiger partial charge in [0.1, 0.15) is 23.3 Å². The number of hydrogen-bond donors (Lipinski definition) is 0. The first-order chi connectivity index (χ1) is 16.0. The van der Waals surface area contributed by atoms with Crippen LogP contribution in [0.4, 0.5) is 8.78 Å². The molecule has 0 radical (unpaired) electrons. The highest BCUT2D eigenvalue weighted by atomic mass is 19.1. The summed E-state index contributed by atoms with van der Waals surface area (Å²) in [5.74, 6) is 1.95. The predicted molar refractivity (Wildman–Crippen MR) is 130 cm³/mol. The summed E-state index contributed by atoms with van der Waals surface area (Å²) >= 11 is 0. The van der Waals surface area contributed by atoms with E-state index in [1.54, 1.807) is 6.07 Å². The second kappa shape index (κ2) is 11.3. The zero-order valence-corrected chi connectivity index (χ0v) is 19.9. The molecule has 0 aromatic heterocycles. The summed E-state index contributed by atoms with van der Waals surface area (Å²) in [6, 6.07) is 15.3. The normalized spacial score (nSPS) is 26.5. The first-order valence-electron chi connectivity index (χ1n) is 13.0. The first-order valence-corrected chi connectivity index (χ1v) is 13.0. The van der Waals surface area contributed by atoms with Crippen LogP contribution in [0.3, 0.4) is 0 Å². The van der Waals surface area contributed by atoms with E-state index in [1.165, 1.54) is 62.6 Å². The molecule has 1 nitrogen and oxygen atoms in total. The molecule has 0 amide bonds. The minimum atomic E-state index is -0.719. The SMILES string of the molecule is C[C@@H](CC1CCC(CCC2CCC(c3cc(F)c(C#N)c(F)c3)CC2)CC1)c1ccccc1. The average molecular weight is 450 g/mol. The minimum Gasteiger partial charge on any atom is -0.205 e. The van der Waals surface area contributed by atoms with E-state index in [1.807, 2.05) is 0 Å². The number of nitriles is 1. The highest BCUT2D eigenvalue weighted by molar-refractivity contribution is 5.36. The summed E-state index contributed by atoms with van der Waals surface area (Å²) < 4.78 is 28.0. The van der Waals surface area contributed by atoms with E-state index in [4.69, 9.17) is 5.26 Å². The average Bonchev–Trinajstić information content (AvgIpc) is 2.84. The molecule has 0 heterocycles. The van der Waals surface area contributed by atoms with Gasteiger partial charge < -0.3 is 0 Å². The highest BCUT2D eigenvalue weighted by Gasteiger charge is 2.27. The van der Waals surface area contributed by atoms with Gasteiger partial charge in [-0.15, -0.1) is 0 Å². The van der Waals surface area contributed by atoms with Crippen molar-refractivity contribution in [3.63, 3.8) is 0 Å². The van der Waals surface area contributed by atoms with E-state index < -0.39 is 17.2 Å².